The average molecular weight is 124 g/mol. The summed E-state index contributed by atoms with van der Waals surface area (Å²) in [7, 11) is 0.345. The van der Waals surface area contributed by atoms with Crippen LogP contribution in [0.15, 0.2) is 0 Å². The Labute approximate surface area is 55.7 Å². The minimum Gasteiger partial charge on any atom is -0.367 e. The van der Waals surface area contributed by atoms with E-state index in [1.807, 2.05) is 0 Å². The Hall–Kier alpha value is -0.305. The van der Waals surface area contributed by atoms with Gasteiger partial charge in [0, 0.05) is 19.7 Å². The number of hydrogen-bond donors (Lipinski definition) is 0. The van der Waals surface area contributed by atoms with Gasteiger partial charge < -0.3 is 4.65 Å². The van der Waals surface area contributed by atoms with Gasteiger partial charge >= 0.3 is 7.05 Å². The van der Waals surface area contributed by atoms with Gasteiger partial charge in [-0.25, -0.2) is 0 Å². The van der Waals surface area contributed by atoms with E-state index in [1.165, 1.54) is 12.8 Å². The zero-order valence-electron chi connectivity index (χ0n) is 5.71. The quantitative estimate of drug-likeness (QED) is 0.425. The van der Waals surface area contributed by atoms with E-state index in [2.05, 4.69) is 17.5 Å². The number of nitrogens with zero attached hydrogens (tertiary/aromatic N) is 1. The summed E-state index contributed by atoms with van der Waals surface area (Å²) < 4.78 is 7.75. The van der Waals surface area contributed by atoms with Crippen LogP contribution in [0.4, 0.5) is 0 Å². The third kappa shape index (κ3) is 0.714. The van der Waals surface area contributed by atoms with E-state index in [1.54, 1.807) is 0 Å². The van der Waals surface area contributed by atoms with Gasteiger partial charge in [-0.2, -0.15) is 0 Å². The summed E-state index contributed by atoms with van der Waals surface area (Å²) in [5.41, 5.74) is 0. The van der Waals surface area contributed by atoms with Crippen LogP contribution in [0.3, 0.4) is 0 Å². The van der Waals surface area contributed by atoms with Crippen molar-refractivity contribution in [3.8, 4) is 0 Å². The first-order valence-electron chi connectivity index (χ1n) is 3.60. The van der Waals surface area contributed by atoms with Crippen LogP contribution in [0.1, 0.15) is 12.8 Å². The average Bonchev–Trinajstić information content (AvgIpc) is 2.35. The van der Waals surface area contributed by atoms with Gasteiger partial charge in [-0.05, 0) is 0 Å². The second-order valence-corrected chi connectivity index (χ2v) is 2.79. The summed E-state index contributed by atoms with van der Waals surface area (Å²) >= 11 is 0. The van der Waals surface area contributed by atoms with Crippen molar-refractivity contribution < 1.29 is 9.14 Å². The SMILES string of the molecule is CB1OCC2CCC=[N+]12. The molecule has 0 aromatic rings. The lowest BCUT2D eigenvalue weighted by Crippen LogP contribution is -2.24. The molecule has 2 nitrogen and oxygen atoms in total. The van der Waals surface area contributed by atoms with E-state index in [9.17, 15) is 0 Å². The molecule has 1 unspecified atom stereocenters. The fourth-order valence-corrected chi connectivity index (χ4v) is 1.67. The topological polar surface area (TPSA) is 12.2 Å². The summed E-state index contributed by atoms with van der Waals surface area (Å²) in [6.07, 6.45) is 4.81. The molecular formula is C6H11BNO+. The summed E-state index contributed by atoms with van der Waals surface area (Å²) in [4.78, 5) is 0. The summed E-state index contributed by atoms with van der Waals surface area (Å²) in [5, 5.41) is 0. The summed E-state index contributed by atoms with van der Waals surface area (Å²) in [6.45, 7) is 3.06. The maximum absolute atomic E-state index is 5.41. The molecule has 2 rings (SSSR count). The Bertz CT molecular complexity index is 157. The normalized spacial score (nSPS) is 32.8. The molecule has 2 heterocycles. The molecular weight excluding hydrogens is 113 g/mol. The predicted octanol–water partition coefficient (Wildman–Crippen LogP) is 0.380. The van der Waals surface area contributed by atoms with Crippen molar-refractivity contribution in [2.45, 2.75) is 25.7 Å². The van der Waals surface area contributed by atoms with Crippen LogP contribution in [0.25, 0.3) is 0 Å². The molecule has 0 aromatic heterocycles. The standard InChI is InChI=1S/C6H11BNO/c1-7-8-4-2-3-6(8)5-9-7/h4,6H,2-3,5H2,1H3/q+1. The van der Waals surface area contributed by atoms with E-state index >= 15 is 0 Å². The Balaban J connectivity index is 2.22. The van der Waals surface area contributed by atoms with E-state index in [0.717, 1.165) is 6.61 Å². The zero-order valence-corrected chi connectivity index (χ0v) is 5.71. The van der Waals surface area contributed by atoms with E-state index in [-0.39, 0.29) is 0 Å². The molecule has 0 amide bonds. The number of hydrogen-bond acceptors (Lipinski definition) is 1. The van der Waals surface area contributed by atoms with Crippen LogP contribution in [0.2, 0.25) is 6.82 Å². The molecule has 0 aliphatic carbocycles. The molecule has 48 valence electrons. The maximum Gasteiger partial charge on any atom is 0.651 e. The van der Waals surface area contributed by atoms with Crippen LogP contribution in [-0.2, 0) is 4.65 Å². The Kier molecular flexibility index (Phi) is 1.12. The lowest BCUT2D eigenvalue weighted by atomic mass is 9.88. The van der Waals surface area contributed by atoms with Crippen LogP contribution in [0.5, 0.6) is 0 Å². The highest BCUT2D eigenvalue weighted by Gasteiger charge is 2.43. The van der Waals surface area contributed by atoms with Gasteiger partial charge in [0.05, 0.1) is 6.61 Å². The molecule has 0 radical (unpaired) electrons. The van der Waals surface area contributed by atoms with Gasteiger partial charge in [-0.15, -0.1) is 0 Å². The van der Waals surface area contributed by atoms with Crippen molar-refractivity contribution in [3.05, 3.63) is 0 Å². The van der Waals surface area contributed by atoms with Crippen LogP contribution in [0, 0.1) is 0 Å². The molecule has 1 atom stereocenters. The Morgan fingerprint density at radius 2 is 2.67 bits per heavy atom. The fraction of sp³-hybridized carbons (Fsp3) is 0.833. The maximum atomic E-state index is 5.41. The van der Waals surface area contributed by atoms with Crippen LogP contribution >= 0.6 is 0 Å². The number of rotatable bonds is 0. The molecule has 2 aliphatic heterocycles. The third-order valence-corrected chi connectivity index (χ3v) is 2.21. The van der Waals surface area contributed by atoms with Gasteiger partial charge in [0.2, 0.25) is 0 Å². The minimum atomic E-state index is 0.345. The highest BCUT2D eigenvalue weighted by Crippen LogP contribution is 2.16. The fourth-order valence-electron chi connectivity index (χ4n) is 1.67. The molecule has 2 aliphatic rings. The van der Waals surface area contributed by atoms with Crippen molar-refractivity contribution in [2.24, 2.45) is 0 Å². The van der Waals surface area contributed by atoms with Gasteiger partial charge in [-0.3, -0.25) is 4.49 Å². The van der Waals surface area contributed by atoms with Gasteiger partial charge in [0.25, 0.3) is 0 Å². The Morgan fingerprint density at radius 3 is 3.44 bits per heavy atom. The molecule has 9 heavy (non-hydrogen) atoms. The second-order valence-electron chi connectivity index (χ2n) is 2.79. The van der Waals surface area contributed by atoms with Crippen molar-refractivity contribution in [2.75, 3.05) is 6.61 Å². The molecule has 1 fully saturated rings. The van der Waals surface area contributed by atoms with Gasteiger partial charge in [-0.1, -0.05) is 0 Å². The first-order valence-corrected chi connectivity index (χ1v) is 3.60. The lowest BCUT2D eigenvalue weighted by Gasteiger charge is -1.94. The van der Waals surface area contributed by atoms with Crippen LogP contribution in [-0.4, -0.2) is 30.4 Å². The molecule has 0 saturated carbocycles. The monoisotopic (exact) mass is 124 g/mol. The molecule has 0 aromatic carbocycles. The molecule has 0 N–H and O–H groups in total. The third-order valence-electron chi connectivity index (χ3n) is 2.21. The predicted molar refractivity (Wildman–Crippen MR) is 36.9 cm³/mol. The molecule has 3 heteroatoms. The van der Waals surface area contributed by atoms with E-state index in [0.29, 0.717) is 13.1 Å². The van der Waals surface area contributed by atoms with Crippen molar-refractivity contribution in [1.82, 2.24) is 0 Å². The van der Waals surface area contributed by atoms with E-state index in [4.69, 9.17) is 4.65 Å². The van der Waals surface area contributed by atoms with Crippen LogP contribution < -0.4 is 0 Å². The first-order chi connectivity index (χ1) is 4.38. The minimum absolute atomic E-state index is 0.345. The number of fused-ring (bicyclic) bond motifs is 1. The summed E-state index contributed by atoms with van der Waals surface area (Å²) in [6, 6.07) is 0.708. The smallest absolute Gasteiger partial charge is 0.367 e. The van der Waals surface area contributed by atoms with Gasteiger partial charge in [0.15, 0.2) is 6.04 Å². The van der Waals surface area contributed by atoms with E-state index < -0.39 is 0 Å². The lowest BCUT2D eigenvalue weighted by molar-refractivity contribution is -0.408. The zero-order chi connectivity index (χ0) is 6.27. The molecule has 1 saturated heterocycles. The largest absolute Gasteiger partial charge is 0.651 e. The molecule has 0 bridgehead atoms. The van der Waals surface area contributed by atoms with Crippen molar-refractivity contribution >= 4 is 13.3 Å². The summed E-state index contributed by atoms with van der Waals surface area (Å²) in [5.74, 6) is 0. The molecule has 0 spiro atoms. The second kappa shape index (κ2) is 1.84. The van der Waals surface area contributed by atoms with Crippen molar-refractivity contribution in [1.29, 1.82) is 0 Å². The van der Waals surface area contributed by atoms with Gasteiger partial charge in [0.1, 0.15) is 6.21 Å². The Morgan fingerprint density at radius 1 is 1.78 bits per heavy atom. The first kappa shape index (κ1) is 5.48. The van der Waals surface area contributed by atoms with Crippen molar-refractivity contribution in [3.63, 3.8) is 0 Å². The highest BCUT2D eigenvalue weighted by molar-refractivity contribution is 6.42. The highest BCUT2D eigenvalue weighted by atomic mass is 16.5.